The predicted molar refractivity (Wildman–Crippen MR) is 64.8 cm³/mol. The Morgan fingerprint density at radius 3 is 2.47 bits per heavy atom. The third-order valence-corrected chi connectivity index (χ3v) is 2.59. The van der Waals surface area contributed by atoms with Crippen LogP contribution in [0.2, 0.25) is 0 Å². The van der Waals surface area contributed by atoms with Crippen molar-refractivity contribution < 1.29 is 23.4 Å². The van der Waals surface area contributed by atoms with E-state index < -0.39 is 17.6 Å². The molecule has 0 unspecified atom stereocenters. The summed E-state index contributed by atoms with van der Waals surface area (Å²) >= 11 is 0. The van der Waals surface area contributed by atoms with Crippen molar-refractivity contribution in [3.05, 3.63) is 53.6 Å². The molecule has 0 amide bonds. The molecule has 0 atom stereocenters. The minimum Gasteiger partial charge on any atom is -0.508 e. The number of halogens is 2. The number of phenolic OH excluding ortho intramolecular Hbond substituents is 1. The Bertz CT molecular complexity index is 618. The molecule has 0 fully saturated rings. The van der Waals surface area contributed by atoms with Gasteiger partial charge in [0, 0.05) is 6.07 Å². The maximum atomic E-state index is 13.5. The van der Waals surface area contributed by atoms with Crippen molar-refractivity contribution in [1.29, 1.82) is 0 Å². The van der Waals surface area contributed by atoms with Gasteiger partial charge in [-0.05, 0) is 35.4 Å². The Morgan fingerprint density at radius 2 is 1.84 bits per heavy atom. The predicted octanol–water partition coefficient (Wildman–Crippen LogP) is 3.12. The van der Waals surface area contributed by atoms with Crippen LogP contribution in [0.5, 0.6) is 5.75 Å². The van der Waals surface area contributed by atoms with Gasteiger partial charge in [0.2, 0.25) is 0 Å². The van der Waals surface area contributed by atoms with Gasteiger partial charge >= 0.3 is 5.97 Å². The van der Waals surface area contributed by atoms with Gasteiger partial charge in [-0.3, -0.25) is 0 Å². The number of hydrogen-bond donors (Lipinski definition) is 1. The molecule has 0 bridgehead atoms. The minimum atomic E-state index is -0.819. The highest BCUT2D eigenvalue weighted by Crippen LogP contribution is 2.26. The molecule has 1 N–H and O–H groups in total. The largest absolute Gasteiger partial charge is 0.508 e. The number of benzene rings is 2. The van der Waals surface area contributed by atoms with Crippen molar-refractivity contribution in [2.75, 3.05) is 7.11 Å². The first kappa shape index (κ1) is 13.0. The number of carbonyl (C=O) groups excluding carboxylic acids is 1. The highest BCUT2D eigenvalue weighted by molar-refractivity contribution is 5.91. The van der Waals surface area contributed by atoms with Crippen LogP contribution in [0.4, 0.5) is 8.78 Å². The van der Waals surface area contributed by atoms with Gasteiger partial charge in [0.15, 0.2) is 0 Å². The highest BCUT2D eigenvalue weighted by atomic mass is 19.1. The summed E-state index contributed by atoms with van der Waals surface area (Å²) in [6, 6.07) is 7.16. The maximum Gasteiger partial charge on any atom is 0.340 e. The molecule has 5 heteroatoms. The fraction of sp³-hybridized carbons (Fsp3) is 0.0714. The van der Waals surface area contributed by atoms with Crippen molar-refractivity contribution in [3.8, 4) is 16.9 Å². The first-order valence-corrected chi connectivity index (χ1v) is 5.39. The lowest BCUT2D eigenvalue weighted by molar-refractivity contribution is 0.0595. The molecule has 0 saturated heterocycles. The minimum absolute atomic E-state index is 0.247. The van der Waals surface area contributed by atoms with Gasteiger partial charge in [0.05, 0.1) is 12.7 Å². The van der Waals surface area contributed by atoms with E-state index in [1.54, 1.807) is 0 Å². The zero-order valence-corrected chi connectivity index (χ0v) is 9.98. The van der Waals surface area contributed by atoms with E-state index in [4.69, 9.17) is 0 Å². The smallest absolute Gasteiger partial charge is 0.340 e. The van der Waals surface area contributed by atoms with E-state index in [1.807, 2.05) is 0 Å². The quantitative estimate of drug-likeness (QED) is 0.848. The number of esters is 1. The van der Waals surface area contributed by atoms with Crippen molar-refractivity contribution in [2.24, 2.45) is 0 Å². The van der Waals surface area contributed by atoms with Crippen LogP contribution in [0.1, 0.15) is 10.4 Å². The standard InChI is InChI=1S/C14H10F2O3/c1-19-14(18)12-6-8(2-3-13(12)16)9-4-10(15)7-11(17)5-9/h2-7,17H,1H3. The summed E-state index contributed by atoms with van der Waals surface area (Å²) in [6.07, 6.45) is 0. The van der Waals surface area contributed by atoms with Crippen LogP contribution in [0.3, 0.4) is 0 Å². The van der Waals surface area contributed by atoms with Crippen LogP contribution >= 0.6 is 0 Å². The summed E-state index contributed by atoms with van der Waals surface area (Å²) in [5.74, 6) is -2.42. The lowest BCUT2D eigenvalue weighted by atomic mass is 10.0. The summed E-state index contributed by atoms with van der Waals surface area (Å²) in [6.45, 7) is 0. The number of methoxy groups -OCH3 is 1. The van der Waals surface area contributed by atoms with Crippen LogP contribution in [-0.4, -0.2) is 18.2 Å². The van der Waals surface area contributed by atoms with E-state index in [0.29, 0.717) is 11.1 Å². The van der Waals surface area contributed by atoms with Gasteiger partial charge in [-0.2, -0.15) is 0 Å². The van der Waals surface area contributed by atoms with Crippen LogP contribution < -0.4 is 0 Å². The molecule has 0 aliphatic rings. The van der Waals surface area contributed by atoms with Crippen LogP contribution in [0, 0.1) is 11.6 Å². The second-order valence-electron chi connectivity index (χ2n) is 3.88. The molecule has 0 aliphatic carbocycles. The molecule has 98 valence electrons. The average Bonchev–Trinajstić information content (AvgIpc) is 2.37. The maximum absolute atomic E-state index is 13.5. The fourth-order valence-corrected chi connectivity index (χ4v) is 1.71. The second kappa shape index (κ2) is 5.06. The Balaban J connectivity index is 2.54. The second-order valence-corrected chi connectivity index (χ2v) is 3.88. The lowest BCUT2D eigenvalue weighted by Gasteiger charge is -2.06. The van der Waals surface area contributed by atoms with Crippen LogP contribution in [0.25, 0.3) is 11.1 Å². The fourth-order valence-electron chi connectivity index (χ4n) is 1.71. The molecule has 2 aromatic carbocycles. The Hall–Kier alpha value is -2.43. The van der Waals surface area contributed by atoms with Gasteiger partial charge in [0.25, 0.3) is 0 Å². The summed E-state index contributed by atoms with van der Waals surface area (Å²) in [5.41, 5.74) is 0.489. The first-order chi connectivity index (χ1) is 9.01. The SMILES string of the molecule is COC(=O)c1cc(-c2cc(O)cc(F)c2)ccc1F. The lowest BCUT2D eigenvalue weighted by Crippen LogP contribution is -2.04. The van der Waals surface area contributed by atoms with E-state index in [2.05, 4.69) is 4.74 Å². The molecule has 0 aromatic heterocycles. The number of hydrogen-bond acceptors (Lipinski definition) is 3. The Kier molecular flexibility index (Phi) is 3.46. The zero-order chi connectivity index (χ0) is 14.0. The monoisotopic (exact) mass is 264 g/mol. The van der Waals surface area contributed by atoms with E-state index in [0.717, 1.165) is 19.2 Å². The number of ether oxygens (including phenoxy) is 1. The topological polar surface area (TPSA) is 46.5 Å². The molecule has 0 saturated carbocycles. The molecule has 0 spiro atoms. The molecule has 19 heavy (non-hydrogen) atoms. The normalized spacial score (nSPS) is 10.3. The summed E-state index contributed by atoms with van der Waals surface area (Å²) < 4.78 is 31.1. The third-order valence-electron chi connectivity index (χ3n) is 2.59. The number of carbonyl (C=O) groups is 1. The molecular weight excluding hydrogens is 254 g/mol. The van der Waals surface area contributed by atoms with E-state index >= 15 is 0 Å². The Labute approximate surface area is 108 Å². The van der Waals surface area contributed by atoms with E-state index in [-0.39, 0.29) is 11.3 Å². The molecule has 2 aromatic rings. The van der Waals surface area contributed by atoms with Crippen LogP contribution in [-0.2, 0) is 4.74 Å². The van der Waals surface area contributed by atoms with Crippen molar-refractivity contribution in [1.82, 2.24) is 0 Å². The number of rotatable bonds is 2. The number of aromatic hydroxyl groups is 1. The van der Waals surface area contributed by atoms with Gasteiger partial charge < -0.3 is 9.84 Å². The average molecular weight is 264 g/mol. The number of phenols is 1. The van der Waals surface area contributed by atoms with Crippen molar-refractivity contribution in [3.63, 3.8) is 0 Å². The molecule has 3 nitrogen and oxygen atoms in total. The molecule has 2 rings (SSSR count). The first-order valence-electron chi connectivity index (χ1n) is 5.39. The molecule has 0 aliphatic heterocycles. The third kappa shape index (κ3) is 2.70. The van der Waals surface area contributed by atoms with E-state index in [9.17, 15) is 18.7 Å². The molecule has 0 heterocycles. The van der Waals surface area contributed by atoms with Crippen molar-refractivity contribution >= 4 is 5.97 Å². The van der Waals surface area contributed by atoms with Crippen LogP contribution in [0.15, 0.2) is 36.4 Å². The van der Waals surface area contributed by atoms with E-state index in [1.165, 1.54) is 24.3 Å². The molecular formula is C14H10F2O3. The highest BCUT2D eigenvalue weighted by Gasteiger charge is 2.14. The summed E-state index contributed by atoms with van der Waals surface area (Å²) in [4.78, 5) is 11.4. The summed E-state index contributed by atoms with van der Waals surface area (Å²) in [5, 5.41) is 9.33. The summed E-state index contributed by atoms with van der Waals surface area (Å²) in [7, 11) is 1.14. The van der Waals surface area contributed by atoms with Gasteiger partial charge in [-0.25, -0.2) is 13.6 Å². The van der Waals surface area contributed by atoms with Gasteiger partial charge in [-0.15, -0.1) is 0 Å². The van der Waals surface area contributed by atoms with Gasteiger partial charge in [-0.1, -0.05) is 6.07 Å². The zero-order valence-electron chi connectivity index (χ0n) is 9.98. The van der Waals surface area contributed by atoms with Gasteiger partial charge in [0.1, 0.15) is 17.4 Å². The Morgan fingerprint density at radius 1 is 1.11 bits per heavy atom. The molecule has 0 radical (unpaired) electrons. The van der Waals surface area contributed by atoms with Crippen molar-refractivity contribution in [2.45, 2.75) is 0 Å².